The first kappa shape index (κ1) is 64.4. The van der Waals surface area contributed by atoms with Crippen molar-refractivity contribution in [3.63, 3.8) is 0 Å². The van der Waals surface area contributed by atoms with E-state index < -0.39 is 0 Å². The normalized spacial score (nSPS) is 12.3. The highest BCUT2D eigenvalue weighted by Gasteiger charge is 2.24. The molecule has 396 valence electrons. The molecule has 0 aliphatic heterocycles. The van der Waals surface area contributed by atoms with Crippen LogP contribution in [0.4, 0.5) is 0 Å². The molecule has 68 heavy (non-hydrogen) atoms. The molecular formula is C67H124N+. The van der Waals surface area contributed by atoms with Crippen LogP contribution >= 0.6 is 0 Å². The molecular weight excluding hydrogens is 819 g/mol. The van der Waals surface area contributed by atoms with Crippen molar-refractivity contribution in [1.29, 1.82) is 0 Å². The zero-order chi connectivity index (χ0) is 48.6. The second kappa shape index (κ2) is 54.7. The number of allylic oxidation sites excluding steroid dienone is 3. The van der Waals surface area contributed by atoms with Crippen molar-refractivity contribution in [2.45, 2.75) is 336 Å². The van der Waals surface area contributed by atoms with E-state index in [9.17, 15) is 0 Å². The summed E-state index contributed by atoms with van der Waals surface area (Å²) in [6.07, 6.45) is 83.7. The van der Waals surface area contributed by atoms with Crippen molar-refractivity contribution in [3.8, 4) is 0 Å². The smallest absolute Gasteiger partial charge is 0.105 e. The lowest BCUT2D eigenvalue weighted by Crippen LogP contribution is -2.47. The van der Waals surface area contributed by atoms with Crippen LogP contribution in [0.1, 0.15) is 335 Å². The third-order valence-corrected chi connectivity index (χ3v) is 15.3. The summed E-state index contributed by atoms with van der Waals surface area (Å²) in [5.74, 6) is 0. The average Bonchev–Trinajstić information content (AvgIpc) is 3.35. The molecule has 0 aliphatic carbocycles. The first-order chi connectivity index (χ1) is 33.8. The second-order valence-electron chi connectivity index (χ2n) is 22.2. The molecule has 1 aromatic rings. The fourth-order valence-electron chi connectivity index (χ4n) is 10.5. The molecule has 0 N–H and O–H groups in total. The van der Waals surface area contributed by atoms with Crippen LogP contribution in [0.5, 0.6) is 0 Å². The predicted molar refractivity (Wildman–Crippen MR) is 311 cm³/mol. The summed E-state index contributed by atoms with van der Waals surface area (Å²) >= 11 is 0. The Morgan fingerprint density at radius 3 is 0.676 bits per heavy atom. The van der Waals surface area contributed by atoms with E-state index in [1.807, 2.05) is 0 Å². The zero-order valence-electron chi connectivity index (χ0n) is 47.1. The molecule has 0 saturated heterocycles. The molecule has 0 amide bonds. The maximum absolute atomic E-state index is 2.57. The molecule has 1 rings (SSSR count). The summed E-state index contributed by atoms with van der Waals surface area (Å²) in [6, 6.07) is 11.4. The van der Waals surface area contributed by atoms with E-state index in [1.54, 1.807) is 0 Å². The lowest BCUT2D eigenvalue weighted by Gasteiger charge is -2.36. The van der Waals surface area contributed by atoms with Gasteiger partial charge in [0.25, 0.3) is 0 Å². The van der Waals surface area contributed by atoms with E-state index in [4.69, 9.17) is 0 Å². The van der Waals surface area contributed by atoms with Crippen LogP contribution in [0.2, 0.25) is 0 Å². The van der Waals surface area contributed by atoms with Gasteiger partial charge in [0.15, 0.2) is 0 Å². The maximum Gasteiger partial charge on any atom is 0.105 e. The summed E-state index contributed by atoms with van der Waals surface area (Å²) in [7, 11) is 0. The van der Waals surface area contributed by atoms with Crippen LogP contribution in [0.3, 0.4) is 0 Å². The minimum atomic E-state index is 1.10. The van der Waals surface area contributed by atoms with Gasteiger partial charge < -0.3 is 4.48 Å². The van der Waals surface area contributed by atoms with Crippen molar-refractivity contribution in [2.24, 2.45) is 0 Å². The first-order valence-corrected chi connectivity index (χ1v) is 31.6. The Kier molecular flexibility index (Phi) is 51.8. The van der Waals surface area contributed by atoms with Gasteiger partial charge in [0.1, 0.15) is 6.54 Å². The van der Waals surface area contributed by atoms with Gasteiger partial charge in [-0.15, -0.1) is 0 Å². The quantitative estimate of drug-likeness (QED) is 0.0347. The fourth-order valence-corrected chi connectivity index (χ4v) is 10.5. The standard InChI is InChI=1S/C67H124N/c1-4-7-10-13-16-19-22-25-28-31-34-37-40-43-46-49-52-58-63-68(66-67-61-56-55-57-62-67,64-59-53-50-47-44-41-38-35-32-29-26-23-20-17-14-11-8-5-2)65-60-54-51-48-45-42-39-36-33-30-27-24-21-18-15-12-9-6-3/h52-62H,4-51,63-66H2,1-3H3/q+1/b58-52-,59-53-,60-54+. The summed E-state index contributed by atoms with van der Waals surface area (Å²) in [5, 5.41) is 0. The molecule has 1 aromatic carbocycles. The average molecular weight is 944 g/mol. The minimum Gasteiger partial charge on any atom is -0.310 e. The number of quaternary nitrogens is 1. The maximum atomic E-state index is 2.57. The monoisotopic (exact) mass is 943 g/mol. The van der Waals surface area contributed by atoms with Gasteiger partial charge in [0, 0.05) is 5.56 Å². The Morgan fingerprint density at radius 1 is 0.250 bits per heavy atom. The van der Waals surface area contributed by atoms with Crippen molar-refractivity contribution < 1.29 is 4.48 Å². The molecule has 1 heteroatoms. The molecule has 0 aliphatic rings. The first-order valence-electron chi connectivity index (χ1n) is 31.6. The van der Waals surface area contributed by atoms with Gasteiger partial charge in [-0.25, -0.2) is 0 Å². The molecule has 0 saturated carbocycles. The van der Waals surface area contributed by atoms with Crippen LogP contribution in [0.25, 0.3) is 0 Å². The van der Waals surface area contributed by atoms with E-state index in [2.05, 4.69) is 87.6 Å². The van der Waals surface area contributed by atoms with Crippen molar-refractivity contribution in [1.82, 2.24) is 0 Å². The molecule has 0 aromatic heterocycles. The highest BCUT2D eigenvalue weighted by atomic mass is 15.3. The summed E-state index contributed by atoms with van der Waals surface area (Å²) in [5.41, 5.74) is 1.48. The summed E-state index contributed by atoms with van der Waals surface area (Å²) in [4.78, 5) is 0. The van der Waals surface area contributed by atoms with E-state index in [0.717, 1.165) is 30.7 Å². The number of benzene rings is 1. The molecule has 0 heterocycles. The Morgan fingerprint density at radius 2 is 0.456 bits per heavy atom. The second-order valence-corrected chi connectivity index (χ2v) is 22.2. The summed E-state index contributed by atoms with van der Waals surface area (Å²) < 4.78 is 1.10. The van der Waals surface area contributed by atoms with Gasteiger partial charge in [-0.1, -0.05) is 339 Å². The Bertz CT molecular complexity index is 1050. The fraction of sp³-hybridized carbons (Fsp3) is 0.821. The molecule has 0 fully saturated rings. The van der Waals surface area contributed by atoms with E-state index in [0.29, 0.717) is 0 Å². The van der Waals surface area contributed by atoms with Crippen molar-refractivity contribution in [3.05, 3.63) is 72.4 Å². The van der Waals surface area contributed by atoms with Gasteiger partial charge in [0.05, 0.1) is 19.6 Å². The van der Waals surface area contributed by atoms with Crippen molar-refractivity contribution >= 4 is 0 Å². The number of rotatable bonds is 56. The van der Waals surface area contributed by atoms with Gasteiger partial charge >= 0.3 is 0 Å². The molecule has 0 unspecified atom stereocenters. The van der Waals surface area contributed by atoms with E-state index in [-0.39, 0.29) is 0 Å². The highest BCUT2D eigenvalue weighted by Crippen LogP contribution is 2.20. The molecule has 0 radical (unpaired) electrons. The van der Waals surface area contributed by atoms with Gasteiger partial charge in [-0.3, -0.25) is 0 Å². The third kappa shape index (κ3) is 46.8. The Balaban J connectivity index is 2.53. The summed E-state index contributed by atoms with van der Waals surface area (Å²) in [6.45, 7) is 11.4. The van der Waals surface area contributed by atoms with Crippen molar-refractivity contribution in [2.75, 3.05) is 19.6 Å². The third-order valence-electron chi connectivity index (χ3n) is 15.3. The van der Waals surface area contributed by atoms with Gasteiger partial charge in [0.2, 0.25) is 0 Å². The largest absolute Gasteiger partial charge is 0.310 e. The highest BCUT2D eigenvalue weighted by molar-refractivity contribution is 5.13. The topological polar surface area (TPSA) is 0 Å². The lowest BCUT2D eigenvalue weighted by atomic mass is 10.0. The number of hydrogen-bond acceptors (Lipinski definition) is 0. The van der Waals surface area contributed by atoms with Crippen LogP contribution in [-0.4, -0.2) is 24.1 Å². The van der Waals surface area contributed by atoms with E-state index in [1.165, 1.54) is 314 Å². The lowest BCUT2D eigenvalue weighted by molar-refractivity contribution is -0.925. The minimum absolute atomic E-state index is 1.10. The zero-order valence-corrected chi connectivity index (χ0v) is 47.1. The van der Waals surface area contributed by atoms with Crippen LogP contribution < -0.4 is 0 Å². The Hall–Kier alpha value is -1.60. The number of nitrogens with zero attached hydrogens (tertiary/aromatic N) is 1. The van der Waals surface area contributed by atoms with Gasteiger partial charge in [-0.2, -0.15) is 0 Å². The molecule has 1 nitrogen and oxygen atoms in total. The SMILES string of the molecule is CCCCCCCCCCCCCCCCC/C=C\C[N+](C/C=C\CCCCCCCCCCCCCCCCC)(C/C=C/CCCCCCCCCCCCCCCCC)Cc1ccccc1. The number of hydrogen-bond donors (Lipinski definition) is 0. The number of unbranched alkanes of at least 4 members (excludes halogenated alkanes) is 45. The van der Waals surface area contributed by atoms with Crippen LogP contribution in [-0.2, 0) is 6.54 Å². The van der Waals surface area contributed by atoms with E-state index >= 15 is 0 Å². The molecule has 0 bridgehead atoms. The van der Waals surface area contributed by atoms with Crippen LogP contribution in [0.15, 0.2) is 66.8 Å². The van der Waals surface area contributed by atoms with Crippen LogP contribution in [0, 0.1) is 0 Å². The molecule has 0 atom stereocenters. The molecule has 0 spiro atoms. The van der Waals surface area contributed by atoms with Gasteiger partial charge in [-0.05, 0) is 56.8 Å². The Labute approximate surface area is 430 Å². The predicted octanol–water partition coefficient (Wildman–Crippen LogP) is 23.5.